The molecule has 1 rings (SSSR count). The van der Waals surface area contributed by atoms with Gasteiger partial charge in [-0.25, -0.2) is 0 Å². The first-order valence-corrected chi connectivity index (χ1v) is 3.69. The first-order chi connectivity index (χ1) is 5.15. The molecule has 0 bridgehead atoms. The van der Waals surface area contributed by atoms with Crippen LogP contribution in [0.4, 0.5) is 5.69 Å². The van der Waals surface area contributed by atoms with Crippen LogP contribution in [0.2, 0.25) is 10.0 Å². The van der Waals surface area contributed by atoms with Gasteiger partial charge in [-0.2, -0.15) is 0 Å². The van der Waals surface area contributed by atoms with Crippen LogP contribution < -0.4 is 22.9 Å². The molecule has 0 aromatic heterocycles. The third kappa shape index (κ3) is 2.34. The Morgan fingerprint density at radius 2 is 1.75 bits per heavy atom. The molecule has 1 aromatic rings. The van der Waals surface area contributed by atoms with Gasteiger partial charge >= 0.3 is 1.43 Å². The zero-order chi connectivity index (χ0) is 8.43. The molecule has 0 aliphatic carbocycles. The molecular formula is C7H8Cl3NO. The Labute approximate surface area is 88.5 Å². The van der Waals surface area contributed by atoms with E-state index in [1.165, 1.54) is 7.11 Å². The maximum absolute atomic E-state index is 5.75. The van der Waals surface area contributed by atoms with Gasteiger partial charge in [0, 0.05) is 5.69 Å². The average Bonchev–Trinajstić information content (AvgIpc) is 1.85. The van der Waals surface area contributed by atoms with Crippen LogP contribution >= 0.6 is 23.2 Å². The summed E-state index contributed by atoms with van der Waals surface area (Å²) in [5.41, 5.74) is 5.99. The van der Waals surface area contributed by atoms with Gasteiger partial charge in [0.05, 0.1) is 17.2 Å². The normalized spacial score (nSPS) is 8.92. The molecule has 0 amide bonds. The second kappa shape index (κ2) is 4.65. The van der Waals surface area contributed by atoms with Gasteiger partial charge in [-0.15, -0.1) is 0 Å². The number of nitrogens with two attached hydrogens (primary N) is 1. The average molecular weight is 229 g/mol. The van der Waals surface area contributed by atoms with Crippen molar-refractivity contribution < 1.29 is 18.6 Å². The fourth-order valence-corrected chi connectivity index (χ4v) is 1.43. The molecule has 2 nitrogen and oxygen atoms in total. The van der Waals surface area contributed by atoms with Crippen molar-refractivity contribution in [2.45, 2.75) is 0 Å². The van der Waals surface area contributed by atoms with Crippen molar-refractivity contribution >= 4 is 28.9 Å². The van der Waals surface area contributed by atoms with Gasteiger partial charge in [0.2, 0.25) is 0 Å². The fourth-order valence-electron chi connectivity index (χ4n) is 0.774. The van der Waals surface area contributed by atoms with E-state index in [0.29, 0.717) is 21.5 Å². The number of rotatable bonds is 1. The van der Waals surface area contributed by atoms with E-state index in [1.807, 2.05) is 0 Å². The van der Waals surface area contributed by atoms with Crippen molar-refractivity contribution in [1.82, 2.24) is 0 Å². The Hall–Kier alpha value is -0.310. The molecule has 5 heteroatoms. The molecule has 12 heavy (non-hydrogen) atoms. The van der Waals surface area contributed by atoms with Crippen molar-refractivity contribution in [2.24, 2.45) is 0 Å². The summed E-state index contributed by atoms with van der Waals surface area (Å²) >= 11 is 11.5. The van der Waals surface area contributed by atoms with E-state index < -0.39 is 0 Å². The third-order valence-electron chi connectivity index (χ3n) is 1.22. The van der Waals surface area contributed by atoms with Crippen LogP contribution in [0.5, 0.6) is 5.75 Å². The number of nitrogen functional groups attached to an aromatic ring is 1. The second-order valence-corrected chi connectivity index (χ2v) is 2.83. The van der Waals surface area contributed by atoms with E-state index in [2.05, 4.69) is 0 Å². The Balaban J connectivity index is 0. The van der Waals surface area contributed by atoms with Gasteiger partial charge in [-0.1, -0.05) is 23.2 Å². The Morgan fingerprint density at radius 3 is 2.08 bits per heavy atom. The highest BCUT2D eigenvalue weighted by atomic mass is 35.5. The summed E-state index contributed by atoms with van der Waals surface area (Å²) in [5.74, 6) is 0.461. The third-order valence-corrected chi connectivity index (χ3v) is 1.79. The molecule has 0 saturated heterocycles. The highest BCUT2D eigenvalue weighted by Gasteiger charge is 2.05. The SMILES string of the molecule is COc1c(Cl)cc(N)cc1Cl.[Cl-].[H+]. The Morgan fingerprint density at radius 1 is 1.33 bits per heavy atom. The van der Waals surface area contributed by atoms with E-state index in [4.69, 9.17) is 33.7 Å². The van der Waals surface area contributed by atoms with Gasteiger partial charge in [0.15, 0.2) is 5.75 Å². The molecule has 2 N–H and O–H groups in total. The predicted octanol–water partition coefficient (Wildman–Crippen LogP) is -0.299. The summed E-state index contributed by atoms with van der Waals surface area (Å²) in [6.45, 7) is 0. The monoisotopic (exact) mass is 227 g/mol. The summed E-state index contributed by atoms with van der Waals surface area (Å²) in [4.78, 5) is 0. The van der Waals surface area contributed by atoms with Gasteiger partial charge in [-0.05, 0) is 12.1 Å². The zero-order valence-corrected chi connectivity index (χ0v) is 8.54. The second-order valence-electron chi connectivity index (χ2n) is 2.02. The molecular weight excluding hydrogens is 220 g/mol. The first-order valence-electron chi connectivity index (χ1n) is 2.93. The molecule has 0 radical (unpaired) electrons. The molecule has 0 saturated carbocycles. The van der Waals surface area contributed by atoms with Crippen LogP contribution in [0.1, 0.15) is 1.43 Å². The number of methoxy groups -OCH3 is 1. The molecule has 0 unspecified atom stereocenters. The smallest absolute Gasteiger partial charge is 1.00 e. The van der Waals surface area contributed by atoms with E-state index in [-0.39, 0.29) is 13.8 Å². The van der Waals surface area contributed by atoms with Crippen molar-refractivity contribution in [3.63, 3.8) is 0 Å². The van der Waals surface area contributed by atoms with E-state index in [0.717, 1.165) is 0 Å². The Kier molecular flexibility index (Phi) is 4.53. The van der Waals surface area contributed by atoms with Crippen molar-refractivity contribution in [3.05, 3.63) is 22.2 Å². The molecule has 1 aromatic carbocycles. The van der Waals surface area contributed by atoms with Gasteiger partial charge in [0.25, 0.3) is 0 Å². The lowest BCUT2D eigenvalue weighted by molar-refractivity contribution is -0.00000238. The lowest BCUT2D eigenvalue weighted by Crippen LogP contribution is -3.00. The quantitative estimate of drug-likeness (QED) is 0.670. The molecule has 0 aliphatic rings. The highest BCUT2D eigenvalue weighted by Crippen LogP contribution is 2.34. The first kappa shape index (κ1) is 11.7. The lowest BCUT2D eigenvalue weighted by atomic mass is 10.3. The summed E-state index contributed by atoms with van der Waals surface area (Å²) < 4.78 is 4.91. The number of anilines is 1. The lowest BCUT2D eigenvalue weighted by Gasteiger charge is -2.05. The van der Waals surface area contributed by atoms with E-state index >= 15 is 0 Å². The number of benzene rings is 1. The van der Waals surface area contributed by atoms with Crippen LogP contribution in [0.3, 0.4) is 0 Å². The van der Waals surface area contributed by atoms with Gasteiger partial charge in [0.1, 0.15) is 0 Å². The summed E-state index contributed by atoms with van der Waals surface area (Å²) in [7, 11) is 1.50. The highest BCUT2D eigenvalue weighted by molar-refractivity contribution is 6.37. The van der Waals surface area contributed by atoms with Crippen molar-refractivity contribution in [1.29, 1.82) is 0 Å². The standard InChI is InChI=1S/C7H7Cl2NO.ClH/c1-11-7-5(8)2-4(10)3-6(7)9;/h2-3H,10H2,1H3;1H. The maximum atomic E-state index is 5.75. The molecule has 0 atom stereocenters. The van der Waals surface area contributed by atoms with Crippen LogP contribution in [0.25, 0.3) is 0 Å². The van der Waals surface area contributed by atoms with Crippen molar-refractivity contribution in [3.8, 4) is 5.75 Å². The number of hydrogen-bond acceptors (Lipinski definition) is 2. The molecule has 0 fully saturated rings. The number of halogens is 3. The van der Waals surface area contributed by atoms with Crippen LogP contribution in [-0.4, -0.2) is 7.11 Å². The van der Waals surface area contributed by atoms with Crippen LogP contribution in [-0.2, 0) is 0 Å². The minimum atomic E-state index is 0. The summed E-state index contributed by atoms with van der Waals surface area (Å²) in [5, 5.41) is 0.856. The van der Waals surface area contributed by atoms with E-state index in [9.17, 15) is 0 Å². The summed E-state index contributed by atoms with van der Waals surface area (Å²) in [6, 6.07) is 3.18. The minimum Gasteiger partial charge on any atom is -1.00 e. The molecule has 0 heterocycles. The fraction of sp³-hybridized carbons (Fsp3) is 0.143. The molecule has 0 spiro atoms. The van der Waals surface area contributed by atoms with Gasteiger partial charge < -0.3 is 22.9 Å². The zero-order valence-electron chi connectivity index (χ0n) is 7.27. The number of ether oxygens (including phenoxy) is 1. The molecule has 0 aliphatic heterocycles. The van der Waals surface area contributed by atoms with Crippen molar-refractivity contribution in [2.75, 3.05) is 12.8 Å². The minimum absolute atomic E-state index is 0. The topological polar surface area (TPSA) is 35.2 Å². The van der Waals surface area contributed by atoms with Crippen LogP contribution in [0, 0.1) is 0 Å². The van der Waals surface area contributed by atoms with Gasteiger partial charge in [-0.3, -0.25) is 0 Å². The molecule has 68 valence electrons. The predicted molar refractivity (Wildman–Crippen MR) is 48.5 cm³/mol. The maximum Gasteiger partial charge on any atom is 1.00 e. The number of hydrogen-bond donors (Lipinski definition) is 1. The largest absolute Gasteiger partial charge is 1.00 e. The summed E-state index contributed by atoms with van der Waals surface area (Å²) in [6.07, 6.45) is 0. The van der Waals surface area contributed by atoms with Crippen LogP contribution in [0.15, 0.2) is 12.1 Å². The Bertz CT molecular complexity index is 259. The van der Waals surface area contributed by atoms with E-state index in [1.54, 1.807) is 12.1 Å².